The summed E-state index contributed by atoms with van der Waals surface area (Å²) in [5.41, 5.74) is 1.05. The van der Waals surface area contributed by atoms with E-state index in [1.807, 2.05) is 24.3 Å². The Labute approximate surface area is 175 Å². The molecule has 0 bridgehead atoms. The first-order valence-corrected chi connectivity index (χ1v) is 10.5. The molecule has 0 aliphatic carbocycles. The summed E-state index contributed by atoms with van der Waals surface area (Å²) in [6.07, 6.45) is 3.47. The van der Waals surface area contributed by atoms with Crippen molar-refractivity contribution >= 4 is 11.9 Å². The molecule has 2 rings (SSSR count). The first-order chi connectivity index (χ1) is 14.0. The van der Waals surface area contributed by atoms with E-state index in [2.05, 4.69) is 24.2 Å². The van der Waals surface area contributed by atoms with E-state index in [1.54, 1.807) is 14.1 Å². The van der Waals surface area contributed by atoms with Crippen LogP contribution in [0.25, 0.3) is 0 Å². The Morgan fingerprint density at radius 3 is 2.72 bits per heavy atom. The highest BCUT2D eigenvalue weighted by atomic mass is 16.5. The lowest BCUT2D eigenvalue weighted by atomic mass is 9.96. The topological polar surface area (TPSA) is 66.4 Å². The Bertz CT molecular complexity index is 657. The Morgan fingerprint density at radius 2 is 2.03 bits per heavy atom. The predicted octanol–water partition coefficient (Wildman–Crippen LogP) is 2.37. The molecule has 1 N–H and O–H groups in total. The quantitative estimate of drug-likeness (QED) is 0.506. The van der Waals surface area contributed by atoms with E-state index < -0.39 is 0 Å². The lowest BCUT2D eigenvalue weighted by Crippen LogP contribution is -2.40. The van der Waals surface area contributed by atoms with Crippen molar-refractivity contribution < 1.29 is 14.3 Å². The van der Waals surface area contributed by atoms with E-state index in [4.69, 9.17) is 14.5 Å². The Hall–Kier alpha value is -2.28. The van der Waals surface area contributed by atoms with E-state index in [0.717, 1.165) is 63.0 Å². The van der Waals surface area contributed by atoms with Gasteiger partial charge in [0.2, 0.25) is 0 Å². The van der Waals surface area contributed by atoms with Gasteiger partial charge in [0.05, 0.1) is 6.54 Å². The van der Waals surface area contributed by atoms with Crippen LogP contribution in [-0.2, 0) is 16.1 Å². The van der Waals surface area contributed by atoms with Gasteiger partial charge in [-0.05, 0) is 49.8 Å². The molecule has 1 aromatic rings. The van der Waals surface area contributed by atoms with Crippen LogP contribution in [0.5, 0.6) is 5.75 Å². The lowest BCUT2D eigenvalue weighted by molar-refractivity contribution is -0.130. The molecule has 1 aromatic carbocycles. The maximum absolute atomic E-state index is 11.7. The van der Waals surface area contributed by atoms with Crippen LogP contribution in [0.1, 0.15) is 31.7 Å². The van der Waals surface area contributed by atoms with Crippen LogP contribution < -0.4 is 10.1 Å². The van der Waals surface area contributed by atoms with Crippen LogP contribution >= 0.6 is 0 Å². The zero-order valence-corrected chi connectivity index (χ0v) is 18.3. The molecule has 1 saturated heterocycles. The molecule has 0 atom stereocenters. The minimum Gasteiger partial charge on any atom is -0.484 e. The highest BCUT2D eigenvalue weighted by Crippen LogP contribution is 2.18. The number of rotatable bonds is 9. The number of carbonyl (C=O) groups is 1. The van der Waals surface area contributed by atoms with Gasteiger partial charge in [0.15, 0.2) is 12.6 Å². The van der Waals surface area contributed by atoms with E-state index in [9.17, 15) is 4.79 Å². The molecule has 0 unspecified atom stereocenters. The summed E-state index contributed by atoms with van der Waals surface area (Å²) in [6, 6.07) is 7.76. The second-order valence-corrected chi connectivity index (χ2v) is 7.66. The molecular weight excluding hydrogens is 368 g/mol. The molecule has 7 nitrogen and oxygen atoms in total. The maximum atomic E-state index is 11.7. The molecule has 7 heteroatoms. The molecule has 1 fully saturated rings. The van der Waals surface area contributed by atoms with E-state index in [0.29, 0.717) is 12.3 Å². The third kappa shape index (κ3) is 8.31. The molecule has 0 spiro atoms. The summed E-state index contributed by atoms with van der Waals surface area (Å²) >= 11 is 0. The number of amides is 1. The maximum Gasteiger partial charge on any atom is 0.259 e. The van der Waals surface area contributed by atoms with Crippen molar-refractivity contribution in [2.75, 3.05) is 54.1 Å². The monoisotopic (exact) mass is 404 g/mol. The fourth-order valence-corrected chi connectivity index (χ4v) is 3.16. The van der Waals surface area contributed by atoms with Crippen molar-refractivity contribution in [1.29, 1.82) is 0 Å². The van der Waals surface area contributed by atoms with Crippen molar-refractivity contribution in [2.45, 2.75) is 32.7 Å². The van der Waals surface area contributed by atoms with Crippen LogP contribution in [0.4, 0.5) is 0 Å². The summed E-state index contributed by atoms with van der Waals surface area (Å²) < 4.78 is 11.1. The van der Waals surface area contributed by atoms with Crippen molar-refractivity contribution in [2.24, 2.45) is 10.9 Å². The zero-order chi connectivity index (χ0) is 21.1. The third-order valence-electron chi connectivity index (χ3n) is 5.08. The SMILES string of the molecule is CCNC(=NCc1cccc(OCC(=O)N(C)C)c1)N(C)CCC1CCOCC1. The second kappa shape index (κ2) is 12.3. The van der Waals surface area contributed by atoms with Gasteiger partial charge in [-0.25, -0.2) is 4.99 Å². The minimum atomic E-state index is -0.0611. The summed E-state index contributed by atoms with van der Waals surface area (Å²) in [7, 11) is 5.53. The summed E-state index contributed by atoms with van der Waals surface area (Å²) in [6.45, 7) is 6.27. The van der Waals surface area contributed by atoms with Gasteiger partial charge in [0.25, 0.3) is 5.91 Å². The van der Waals surface area contributed by atoms with Gasteiger partial charge in [0.1, 0.15) is 5.75 Å². The number of aliphatic imine (C=N–C) groups is 1. The van der Waals surface area contributed by atoms with Crippen molar-refractivity contribution in [1.82, 2.24) is 15.1 Å². The lowest BCUT2D eigenvalue weighted by Gasteiger charge is -2.26. The van der Waals surface area contributed by atoms with Gasteiger partial charge in [-0.3, -0.25) is 4.79 Å². The average Bonchev–Trinajstić information content (AvgIpc) is 2.74. The molecule has 1 aliphatic rings. The fourth-order valence-electron chi connectivity index (χ4n) is 3.16. The van der Waals surface area contributed by atoms with Gasteiger partial charge in [-0.1, -0.05) is 12.1 Å². The number of nitrogens with one attached hydrogen (secondary N) is 1. The third-order valence-corrected chi connectivity index (χ3v) is 5.08. The molecule has 0 saturated carbocycles. The number of benzene rings is 1. The van der Waals surface area contributed by atoms with Gasteiger partial charge < -0.3 is 24.6 Å². The standard InChI is InChI=1S/C22H36N4O3/c1-5-23-22(26(4)12-9-18-10-13-28-14-11-18)24-16-19-7-6-8-20(15-19)29-17-21(27)25(2)3/h6-8,15,18H,5,9-14,16-17H2,1-4H3,(H,23,24). The molecule has 0 radical (unpaired) electrons. The first-order valence-electron chi connectivity index (χ1n) is 10.5. The van der Waals surface area contributed by atoms with E-state index in [-0.39, 0.29) is 12.5 Å². The van der Waals surface area contributed by atoms with Crippen molar-refractivity contribution in [3.05, 3.63) is 29.8 Å². The summed E-state index contributed by atoms with van der Waals surface area (Å²) in [4.78, 5) is 20.2. The molecular formula is C22H36N4O3. The van der Waals surface area contributed by atoms with Crippen LogP contribution in [0.15, 0.2) is 29.3 Å². The number of guanidine groups is 1. The van der Waals surface area contributed by atoms with E-state index >= 15 is 0 Å². The van der Waals surface area contributed by atoms with Crippen molar-refractivity contribution in [3.63, 3.8) is 0 Å². The van der Waals surface area contributed by atoms with Gasteiger partial charge in [-0.2, -0.15) is 0 Å². The van der Waals surface area contributed by atoms with Crippen LogP contribution in [0.3, 0.4) is 0 Å². The Morgan fingerprint density at radius 1 is 1.28 bits per heavy atom. The summed E-state index contributed by atoms with van der Waals surface area (Å²) in [5, 5.41) is 3.38. The minimum absolute atomic E-state index is 0.0390. The fraction of sp³-hybridized carbons (Fsp3) is 0.636. The van der Waals surface area contributed by atoms with Crippen molar-refractivity contribution in [3.8, 4) is 5.75 Å². The van der Waals surface area contributed by atoms with Gasteiger partial charge in [-0.15, -0.1) is 0 Å². The van der Waals surface area contributed by atoms with E-state index in [1.165, 1.54) is 4.90 Å². The Kier molecular flexibility index (Phi) is 9.77. The Balaban J connectivity index is 1.90. The number of hydrogen-bond acceptors (Lipinski definition) is 4. The number of nitrogens with zero attached hydrogens (tertiary/aromatic N) is 3. The normalized spacial score (nSPS) is 15.1. The van der Waals surface area contributed by atoms with Crippen LogP contribution in [0.2, 0.25) is 0 Å². The molecule has 1 aliphatic heterocycles. The van der Waals surface area contributed by atoms with Gasteiger partial charge >= 0.3 is 0 Å². The predicted molar refractivity (Wildman–Crippen MR) is 116 cm³/mol. The molecule has 0 aromatic heterocycles. The largest absolute Gasteiger partial charge is 0.484 e. The zero-order valence-electron chi connectivity index (χ0n) is 18.3. The number of ether oxygens (including phenoxy) is 2. The number of likely N-dealkylation sites (N-methyl/N-ethyl adjacent to an activating group) is 1. The highest BCUT2D eigenvalue weighted by molar-refractivity contribution is 5.79. The highest BCUT2D eigenvalue weighted by Gasteiger charge is 2.15. The molecule has 162 valence electrons. The van der Waals surface area contributed by atoms with Gasteiger partial charge in [0, 0.05) is 47.4 Å². The molecule has 29 heavy (non-hydrogen) atoms. The van der Waals surface area contributed by atoms with Crippen LogP contribution in [0, 0.1) is 5.92 Å². The molecule has 1 amide bonds. The average molecular weight is 405 g/mol. The number of carbonyl (C=O) groups excluding carboxylic acids is 1. The smallest absolute Gasteiger partial charge is 0.259 e. The van der Waals surface area contributed by atoms with Crippen LogP contribution in [-0.4, -0.2) is 75.7 Å². The number of hydrogen-bond donors (Lipinski definition) is 1. The second-order valence-electron chi connectivity index (χ2n) is 7.66. The molecule has 1 heterocycles. The summed E-state index contributed by atoms with van der Waals surface area (Å²) in [5.74, 6) is 2.28. The first kappa shape index (κ1) is 23.0.